The molecule has 0 spiro atoms. The van der Waals surface area contributed by atoms with Crippen LogP contribution in [0.25, 0.3) is 0 Å². The molecule has 0 bridgehead atoms. The number of hydrogen-bond donors (Lipinski definition) is 0. The van der Waals surface area contributed by atoms with E-state index in [4.69, 9.17) is 0 Å². The van der Waals surface area contributed by atoms with Gasteiger partial charge in [-0.3, -0.25) is 4.68 Å². The lowest BCUT2D eigenvalue weighted by Crippen LogP contribution is -1.91. The van der Waals surface area contributed by atoms with Crippen molar-refractivity contribution in [1.82, 2.24) is 9.78 Å². The van der Waals surface area contributed by atoms with Crippen LogP contribution in [-0.4, -0.2) is 16.0 Å². The van der Waals surface area contributed by atoms with Crippen molar-refractivity contribution in [1.29, 1.82) is 0 Å². The fraction of sp³-hybridized carbons (Fsp3) is 0.400. The quantitative estimate of drug-likeness (QED) is 0.555. The first-order valence-electron chi connectivity index (χ1n) is 2.47. The van der Waals surface area contributed by atoms with E-state index >= 15 is 0 Å². The molecule has 4 heteroatoms. The molecule has 1 aromatic rings. The highest BCUT2D eigenvalue weighted by Crippen LogP contribution is 2.16. The van der Waals surface area contributed by atoms with Crippen molar-refractivity contribution in [2.75, 3.05) is 6.26 Å². The van der Waals surface area contributed by atoms with Gasteiger partial charge in [-0.25, -0.2) is 4.39 Å². The average molecular weight is 146 g/mol. The number of hydrogen-bond acceptors (Lipinski definition) is 2. The summed E-state index contributed by atoms with van der Waals surface area (Å²) in [4.78, 5) is 0. The zero-order valence-electron chi connectivity index (χ0n) is 5.26. The topological polar surface area (TPSA) is 17.8 Å². The van der Waals surface area contributed by atoms with Crippen LogP contribution in [0.5, 0.6) is 0 Å². The maximum absolute atomic E-state index is 12.5. The molecule has 0 amide bonds. The Balaban J connectivity index is 3.07. The second-order valence-electron chi connectivity index (χ2n) is 1.63. The molecule has 0 aromatic carbocycles. The van der Waals surface area contributed by atoms with Crippen LogP contribution in [0.1, 0.15) is 0 Å². The van der Waals surface area contributed by atoms with Crippen molar-refractivity contribution in [3.05, 3.63) is 12.0 Å². The molecule has 1 aromatic heterocycles. The van der Waals surface area contributed by atoms with E-state index in [1.165, 1.54) is 22.6 Å². The SMILES string of the molecule is CSc1c(F)cnn1C. The third-order valence-corrected chi connectivity index (χ3v) is 1.88. The molecule has 0 unspecified atom stereocenters. The Morgan fingerprint density at radius 1 is 1.78 bits per heavy atom. The Hall–Kier alpha value is -0.510. The number of halogens is 1. The van der Waals surface area contributed by atoms with Gasteiger partial charge in [-0.15, -0.1) is 11.8 Å². The number of aryl methyl sites for hydroxylation is 1. The Kier molecular flexibility index (Phi) is 1.75. The Labute approximate surface area is 57.1 Å². The zero-order chi connectivity index (χ0) is 6.85. The normalized spacial score (nSPS) is 10.1. The summed E-state index contributed by atoms with van der Waals surface area (Å²) in [6.07, 6.45) is 3.03. The fourth-order valence-corrected chi connectivity index (χ4v) is 1.19. The molecule has 0 aliphatic carbocycles. The maximum Gasteiger partial charge on any atom is 0.174 e. The van der Waals surface area contributed by atoms with Crippen LogP contribution in [0.3, 0.4) is 0 Å². The summed E-state index contributed by atoms with van der Waals surface area (Å²) in [5, 5.41) is 4.29. The number of nitrogens with zero attached hydrogens (tertiary/aromatic N) is 2. The van der Waals surface area contributed by atoms with E-state index in [1.54, 1.807) is 7.05 Å². The van der Waals surface area contributed by atoms with Gasteiger partial charge in [0.05, 0.1) is 6.20 Å². The first-order chi connectivity index (χ1) is 4.25. The van der Waals surface area contributed by atoms with Gasteiger partial charge in [0, 0.05) is 7.05 Å². The smallest absolute Gasteiger partial charge is 0.174 e. The van der Waals surface area contributed by atoms with Crippen molar-refractivity contribution in [2.45, 2.75) is 5.03 Å². The van der Waals surface area contributed by atoms with E-state index in [2.05, 4.69) is 5.10 Å². The van der Waals surface area contributed by atoms with Crippen LogP contribution >= 0.6 is 11.8 Å². The largest absolute Gasteiger partial charge is 0.259 e. The first kappa shape index (κ1) is 6.61. The average Bonchev–Trinajstić information content (AvgIpc) is 2.12. The van der Waals surface area contributed by atoms with Gasteiger partial charge in [-0.2, -0.15) is 5.10 Å². The Morgan fingerprint density at radius 2 is 2.44 bits per heavy atom. The van der Waals surface area contributed by atoms with E-state index in [-0.39, 0.29) is 5.82 Å². The molecular weight excluding hydrogens is 139 g/mol. The first-order valence-corrected chi connectivity index (χ1v) is 3.69. The molecule has 1 rings (SSSR count). The summed E-state index contributed by atoms with van der Waals surface area (Å²) < 4.78 is 14.0. The second-order valence-corrected chi connectivity index (χ2v) is 2.42. The van der Waals surface area contributed by atoms with E-state index in [9.17, 15) is 4.39 Å². The minimum atomic E-state index is -0.245. The summed E-state index contributed by atoms with van der Waals surface area (Å²) in [6.45, 7) is 0. The number of thioether (sulfide) groups is 1. The summed E-state index contributed by atoms with van der Waals surface area (Å²) in [5.41, 5.74) is 0. The van der Waals surface area contributed by atoms with Crippen LogP contribution in [-0.2, 0) is 7.05 Å². The van der Waals surface area contributed by atoms with Gasteiger partial charge < -0.3 is 0 Å². The van der Waals surface area contributed by atoms with Gasteiger partial charge in [0.2, 0.25) is 0 Å². The molecule has 0 saturated carbocycles. The van der Waals surface area contributed by atoms with Gasteiger partial charge >= 0.3 is 0 Å². The molecule has 0 N–H and O–H groups in total. The summed E-state index contributed by atoms with van der Waals surface area (Å²) in [7, 11) is 1.72. The molecule has 0 aliphatic heterocycles. The highest BCUT2D eigenvalue weighted by molar-refractivity contribution is 7.98. The molecule has 1 heterocycles. The lowest BCUT2D eigenvalue weighted by atomic mass is 10.7. The van der Waals surface area contributed by atoms with E-state index in [0.29, 0.717) is 5.03 Å². The molecule has 0 radical (unpaired) electrons. The van der Waals surface area contributed by atoms with Gasteiger partial charge in [-0.1, -0.05) is 0 Å². The van der Waals surface area contributed by atoms with Crippen LogP contribution in [0.2, 0.25) is 0 Å². The van der Waals surface area contributed by atoms with Gasteiger partial charge in [0.1, 0.15) is 5.03 Å². The van der Waals surface area contributed by atoms with Crippen LogP contribution in [0.4, 0.5) is 4.39 Å². The third-order valence-electron chi connectivity index (χ3n) is 1.04. The molecule has 2 nitrogen and oxygen atoms in total. The van der Waals surface area contributed by atoms with Crippen molar-refractivity contribution in [3.63, 3.8) is 0 Å². The standard InChI is InChI=1S/C5H7FN2S/c1-8-5(9-2)4(6)3-7-8/h3H,1-2H3. The lowest BCUT2D eigenvalue weighted by Gasteiger charge is -1.93. The third kappa shape index (κ3) is 1.08. The molecule has 0 fully saturated rings. The molecule has 0 saturated heterocycles. The van der Waals surface area contributed by atoms with Gasteiger partial charge in [0.25, 0.3) is 0 Å². The van der Waals surface area contributed by atoms with Crippen molar-refractivity contribution >= 4 is 11.8 Å². The van der Waals surface area contributed by atoms with Crippen LogP contribution < -0.4 is 0 Å². The fourth-order valence-electron chi connectivity index (χ4n) is 0.629. The summed E-state index contributed by atoms with van der Waals surface area (Å²) >= 11 is 1.35. The van der Waals surface area contributed by atoms with E-state index in [0.717, 1.165) is 0 Å². The van der Waals surface area contributed by atoms with Crippen molar-refractivity contribution < 1.29 is 4.39 Å². The number of aromatic nitrogens is 2. The predicted molar refractivity (Wildman–Crippen MR) is 34.9 cm³/mol. The molecule has 0 atom stereocenters. The Morgan fingerprint density at radius 3 is 2.67 bits per heavy atom. The highest BCUT2D eigenvalue weighted by Gasteiger charge is 2.03. The Bertz CT molecular complexity index is 189. The minimum Gasteiger partial charge on any atom is -0.259 e. The lowest BCUT2D eigenvalue weighted by molar-refractivity contribution is 0.580. The molecule has 50 valence electrons. The predicted octanol–water partition coefficient (Wildman–Crippen LogP) is 1.28. The van der Waals surface area contributed by atoms with Gasteiger partial charge in [-0.05, 0) is 6.26 Å². The van der Waals surface area contributed by atoms with Crippen molar-refractivity contribution in [2.24, 2.45) is 7.05 Å². The van der Waals surface area contributed by atoms with Crippen molar-refractivity contribution in [3.8, 4) is 0 Å². The second kappa shape index (κ2) is 2.39. The van der Waals surface area contributed by atoms with Crippen LogP contribution in [0.15, 0.2) is 11.2 Å². The summed E-state index contributed by atoms with van der Waals surface area (Å²) in [5.74, 6) is -0.245. The highest BCUT2D eigenvalue weighted by atomic mass is 32.2. The van der Waals surface area contributed by atoms with Crippen LogP contribution in [0, 0.1) is 5.82 Å². The minimum absolute atomic E-state index is 0.245. The zero-order valence-corrected chi connectivity index (χ0v) is 6.07. The van der Waals surface area contributed by atoms with E-state index in [1.807, 2.05) is 6.26 Å². The van der Waals surface area contributed by atoms with E-state index < -0.39 is 0 Å². The summed E-state index contributed by atoms with van der Waals surface area (Å²) in [6, 6.07) is 0. The maximum atomic E-state index is 12.5. The number of rotatable bonds is 1. The molecular formula is C5H7FN2S. The van der Waals surface area contributed by atoms with Gasteiger partial charge in [0.15, 0.2) is 5.82 Å². The molecule has 9 heavy (non-hydrogen) atoms. The monoisotopic (exact) mass is 146 g/mol. The molecule has 0 aliphatic rings.